The van der Waals surface area contributed by atoms with Crippen molar-refractivity contribution >= 4 is 50.6 Å². The third-order valence-electron chi connectivity index (χ3n) is 6.62. The molecule has 2 N–H and O–H groups in total. The van der Waals surface area contributed by atoms with Gasteiger partial charge in [-0.25, -0.2) is 14.4 Å². The second-order valence-electron chi connectivity index (χ2n) is 9.02. The first-order valence-corrected chi connectivity index (χ1v) is 13.0. The Hall–Kier alpha value is -2.59. The van der Waals surface area contributed by atoms with Crippen molar-refractivity contribution in [2.45, 2.75) is 25.8 Å². The van der Waals surface area contributed by atoms with Gasteiger partial charge >= 0.3 is 0 Å². The van der Waals surface area contributed by atoms with E-state index in [-0.39, 0.29) is 17.5 Å². The van der Waals surface area contributed by atoms with E-state index in [9.17, 15) is 14.3 Å². The summed E-state index contributed by atoms with van der Waals surface area (Å²) in [5, 5.41) is 13.6. The van der Waals surface area contributed by atoms with Crippen molar-refractivity contribution in [1.82, 2.24) is 19.8 Å². The molecule has 1 fully saturated rings. The van der Waals surface area contributed by atoms with E-state index >= 15 is 0 Å². The van der Waals surface area contributed by atoms with Gasteiger partial charge in [0.1, 0.15) is 22.8 Å². The molecule has 1 unspecified atom stereocenters. The number of amides is 1. The SMILES string of the molecule is O=C(C=CCN1CCCC(CO)C1)N1CCc2c(sc3ncnc(Nc4ccc(F)c(Cl)c4)c23)C1. The molecule has 5 rings (SSSR count). The molecule has 2 aliphatic heterocycles. The standard InChI is InChI=1S/C25H27ClFN5O2S/c26-19-11-17(5-6-20(19)27)30-24-23-18-7-10-32(13-21(18)35-25(23)29-15-28-24)22(34)4-2-9-31-8-1-3-16(12-31)14-33/h2,4-6,11,15-16,33H,1,3,7-10,12-14H2,(H,28,29,30). The van der Waals surface area contributed by atoms with Crippen LogP contribution in [0.3, 0.4) is 0 Å². The topological polar surface area (TPSA) is 81.6 Å². The number of rotatable bonds is 6. The molecule has 1 amide bonds. The molecule has 0 aliphatic carbocycles. The molecule has 2 aliphatic rings. The molecule has 0 radical (unpaired) electrons. The van der Waals surface area contributed by atoms with Gasteiger partial charge in [-0.15, -0.1) is 11.3 Å². The smallest absolute Gasteiger partial charge is 0.246 e. The van der Waals surface area contributed by atoms with Crippen molar-refractivity contribution in [1.29, 1.82) is 0 Å². The molecule has 10 heteroatoms. The van der Waals surface area contributed by atoms with Gasteiger partial charge in [-0.05, 0) is 55.5 Å². The molecule has 7 nitrogen and oxygen atoms in total. The summed E-state index contributed by atoms with van der Waals surface area (Å²) >= 11 is 7.50. The van der Waals surface area contributed by atoms with Crippen LogP contribution in [0.2, 0.25) is 5.02 Å². The Labute approximate surface area is 212 Å². The monoisotopic (exact) mass is 515 g/mol. The molecule has 35 heavy (non-hydrogen) atoms. The number of nitrogens with one attached hydrogen (secondary N) is 1. The first kappa shape index (κ1) is 24.1. The molecule has 2 aromatic heterocycles. The third-order valence-corrected chi connectivity index (χ3v) is 8.03. The van der Waals surface area contributed by atoms with E-state index in [2.05, 4.69) is 20.2 Å². The highest BCUT2D eigenvalue weighted by atomic mass is 35.5. The number of anilines is 2. The number of carbonyl (C=O) groups is 1. The summed E-state index contributed by atoms with van der Waals surface area (Å²) in [6.45, 7) is 4.00. The zero-order chi connectivity index (χ0) is 24.4. The van der Waals surface area contributed by atoms with Gasteiger partial charge in [0.25, 0.3) is 0 Å². The van der Waals surface area contributed by atoms with E-state index < -0.39 is 5.82 Å². The average Bonchev–Trinajstić information content (AvgIpc) is 3.25. The van der Waals surface area contributed by atoms with Gasteiger partial charge in [0, 0.05) is 42.9 Å². The fourth-order valence-corrected chi connectivity index (χ4v) is 6.18. The molecule has 0 spiro atoms. The van der Waals surface area contributed by atoms with Crippen LogP contribution in [0.1, 0.15) is 23.3 Å². The van der Waals surface area contributed by atoms with Crippen LogP contribution in [-0.2, 0) is 17.8 Å². The lowest BCUT2D eigenvalue weighted by Crippen LogP contribution is -2.37. The van der Waals surface area contributed by atoms with Gasteiger partial charge in [0.05, 0.1) is 17.0 Å². The number of thiophene rings is 1. The van der Waals surface area contributed by atoms with Gasteiger partial charge in [-0.1, -0.05) is 17.7 Å². The summed E-state index contributed by atoms with van der Waals surface area (Å²) in [5.74, 6) is 0.526. The fraction of sp³-hybridized carbons (Fsp3) is 0.400. The van der Waals surface area contributed by atoms with Crippen LogP contribution in [0.15, 0.2) is 36.7 Å². The van der Waals surface area contributed by atoms with Crippen LogP contribution >= 0.6 is 22.9 Å². The van der Waals surface area contributed by atoms with Gasteiger partial charge in [-0.3, -0.25) is 9.69 Å². The summed E-state index contributed by atoms with van der Waals surface area (Å²) < 4.78 is 13.5. The number of carbonyl (C=O) groups excluding carboxylic acids is 1. The average molecular weight is 516 g/mol. The molecule has 4 heterocycles. The number of benzene rings is 1. The van der Waals surface area contributed by atoms with Gasteiger partial charge in [0.15, 0.2) is 0 Å². The van der Waals surface area contributed by atoms with Crippen molar-refractivity contribution in [3.63, 3.8) is 0 Å². The molecule has 0 saturated carbocycles. The quantitative estimate of drug-likeness (QED) is 0.474. The summed E-state index contributed by atoms with van der Waals surface area (Å²) in [4.78, 5) is 27.8. The van der Waals surface area contributed by atoms with Crippen LogP contribution in [-0.4, -0.2) is 63.6 Å². The fourth-order valence-electron chi connectivity index (χ4n) is 4.80. The Morgan fingerprint density at radius 3 is 3.06 bits per heavy atom. The maximum atomic E-state index is 13.5. The van der Waals surface area contributed by atoms with Crippen LogP contribution in [0.4, 0.5) is 15.9 Å². The van der Waals surface area contributed by atoms with Crippen molar-refractivity contribution in [3.05, 3.63) is 58.0 Å². The second kappa shape index (κ2) is 10.6. The molecule has 1 aromatic carbocycles. The zero-order valence-electron chi connectivity index (χ0n) is 19.2. The number of likely N-dealkylation sites (tertiary alicyclic amines) is 1. The minimum absolute atomic E-state index is 0.00853. The van der Waals surface area contributed by atoms with Crippen LogP contribution in [0.5, 0.6) is 0 Å². The van der Waals surface area contributed by atoms with Crippen molar-refractivity contribution in [2.24, 2.45) is 5.92 Å². The van der Waals surface area contributed by atoms with Gasteiger partial charge in [-0.2, -0.15) is 0 Å². The molecule has 184 valence electrons. The number of hydrogen-bond donors (Lipinski definition) is 2. The Balaban J connectivity index is 1.28. The number of fused-ring (bicyclic) bond motifs is 3. The van der Waals surface area contributed by atoms with Crippen LogP contribution < -0.4 is 5.32 Å². The highest BCUT2D eigenvalue weighted by Gasteiger charge is 2.26. The van der Waals surface area contributed by atoms with Gasteiger partial charge < -0.3 is 15.3 Å². The van der Waals surface area contributed by atoms with Gasteiger partial charge in [0.2, 0.25) is 5.91 Å². The van der Waals surface area contributed by atoms with E-state index in [4.69, 9.17) is 11.6 Å². The molecular weight excluding hydrogens is 489 g/mol. The normalized spacial score (nSPS) is 18.8. The maximum absolute atomic E-state index is 13.5. The largest absolute Gasteiger partial charge is 0.396 e. The summed E-state index contributed by atoms with van der Waals surface area (Å²) in [6, 6.07) is 4.47. The minimum Gasteiger partial charge on any atom is -0.396 e. The minimum atomic E-state index is -0.470. The Morgan fingerprint density at radius 2 is 2.23 bits per heavy atom. The summed E-state index contributed by atoms with van der Waals surface area (Å²) in [7, 11) is 0. The van der Waals surface area contributed by atoms with Crippen molar-refractivity contribution < 1.29 is 14.3 Å². The molecule has 3 aromatic rings. The van der Waals surface area contributed by atoms with E-state index in [0.717, 1.165) is 53.1 Å². The lowest BCUT2D eigenvalue weighted by Gasteiger charge is -2.31. The molecule has 1 saturated heterocycles. The van der Waals surface area contributed by atoms with E-state index in [1.165, 1.54) is 18.5 Å². The van der Waals surface area contributed by atoms with Crippen molar-refractivity contribution in [3.8, 4) is 0 Å². The number of aliphatic hydroxyl groups excluding tert-OH is 1. The van der Waals surface area contributed by atoms with Crippen LogP contribution in [0, 0.1) is 11.7 Å². The molecular formula is C25H27ClFN5O2S. The highest BCUT2D eigenvalue weighted by Crippen LogP contribution is 2.38. The maximum Gasteiger partial charge on any atom is 0.246 e. The van der Waals surface area contributed by atoms with E-state index in [1.54, 1.807) is 23.5 Å². The number of piperidine rings is 1. The Morgan fingerprint density at radius 1 is 1.34 bits per heavy atom. The summed E-state index contributed by atoms with van der Waals surface area (Å²) in [5.41, 5.74) is 1.80. The number of nitrogens with zero attached hydrogens (tertiary/aromatic N) is 4. The number of aromatic nitrogens is 2. The Bertz CT molecular complexity index is 1270. The second-order valence-corrected chi connectivity index (χ2v) is 10.5. The van der Waals surface area contributed by atoms with E-state index in [1.807, 2.05) is 11.0 Å². The lowest BCUT2D eigenvalue weighted by atomic mass is 9.99. The Kier molecular flexibility index (Phi) is 7.29. The number of aliphatic hydroxyl groups is 1. The lowest BCUT2D eigenvalue weighted by molar-refractivity contribution is -0.126. The number of hydrogen-bond acceptors (Lipinski definition) is 7. The highest BCUT2D eigenvalue weighted by molar-refractivity contribution is 7.19. The first-order valence-electron chi connectivity index (χ1n) is 11.8. The predicted octanol–water partition coefficient (Wildman–Crippen LogP) is 4.37. The third kappa shape index (κ3) is 5.33. The molecule has 1 atom stereocenters. The summed E-state index contributed by atoms with van der Waals surface area (Å²) in [6.07, 6.45) is 7.98. The number of halogens is 2. The van der Waals surface area contributed by atoms with E-state index in [0.29, 0.717) is 36.9 Å². The predicted molar refractivity (Wildman–Crippen MR) is 137 cm³/mol. The molecule has 0 bridgehead atoms. The van der Waals surface area contributed by atoms with Crippen LogP contribution in [0.25, 0.3) is 10.2 Å². The first-order chi connectivity index (χ1) is 17.0. The van der Waals surface area contributed by atoms with Crippen molar-refractivity contribution in [2.75, 3.05) is 38.1 Å². The zero-order valence-corrected chi connectivity index (χ0v) is 20.8.